The monoisotopic (exact) mass is 276 g/mol. The molecule has 0 heterocycles. The average Bonchev–Trinajstić information content (AvgIpc) is 2.19. The normalized spacial score (nSPS) is 13.1. The Morgan fingerprint density at radius 3 is 2.41 bits per heavy atom. The fraction of sp³-hybridized carbons (Fsp3) is 0.300. The molecule has 94 valence electrons. The number of sulfonamides is 1. The maximum atomic E-state index is 11.4. The molecule has 0 radical (unpaired) electrons. The summed E-state index contributed by atoms with van der Waals surface area (Å²) in [6, 6.07) is 5.91. The van der Waals surface area contributed by atoms with E-state index in [2.05, 4.69) is 0 Å². The van der Waals surface area contributed by atoms with Gasteiger partial charge in [0.1, 0.15) is 0 Å². The summed E-state index contributed by atoms with van der Waals surface area (Å²) in [4.78, 5) is 11.4. The van der Waals surface area contributed by atoms with Gasteiger partial charge in [0.2, 0.25) is 10.0 Å². The van der Waals surface area contributed by atoms with E-state index in [9.17, 15) is 13.2 Å². The summed E-state index contributed by atoms with van der Waals surface area (Å²) in [7, 11) is -3.57. The molecule has 7 heteroatoms. The van der Waals surface area contributed by atoms with Crippen LogP contribution in [0.5, 0.6) is 0 Å². The van der Waals surface area contributed by atoms with Crippen LogP contribution in [0, 0.1) is 0 Å². The smallest absolute Gasteiger partial charge is 0.250 e. The molecule has 0 bridgehead atoms. The molecule has 0 aliphatic heterocycles. The van der Waals surface area contributed by atoms with Crippen molar-refractivity contribution in [2.45, 2.75) is 12.5 Å². The summed E-state index contributed by atoms with van der Waals surface area (Å²) in [5.74, 6) is -0.720. The molecule has 0 spiro atoms. The van der Waals surface area contributed by atoms with Crippen LogP contribution in [-0.4, -0.2) is 26.6 Å². The largest absolute Gasteiger partial charge is 0.320 e. The van der Waals surface area contributed by atoms with Crippen molar-refractivity contribution in [3.8, 4) is 0 Å². The Hall–Kier alpha value is -1.11. The van der Waals surface area contributed by atoms with Crippen molar-refractivity contribution in [2.24, 2.45) is 5.73 Å². The quantitative estimate of drug-likeness (QED) is 0.827. The maximum Gasteiger partial charge on any atom is 0.250 e. The van der Waals surface area contributed by atoms with Gasteiger partial charge in [-0.05, 0) is 24.1 Å². The number of halogens is 1. The number of carbonyl (C=O) groups is 1. The van der Waals surface area contributed by atoms with Crippen molar-refractivity contribution in [3.05, 3.63) is 34.9 Å². The molecule has 0 saturated heterocycles. The van der Waals surface area contributed by atoms with Gasteiger partial charge in [-0.1, -0.05) is 23.7 Å². The molecular formula is C10H13ClN2O3S. The fourth-order valence-electron chi connectivity index (χ4n) is 1.23. The molecule has 1 rings (SSSR count). The van der Waals surface area contributed by atoms with Crippen molar-refractivity contribution < 1.29 is 13.2 Å². The van der Waals surface area contributed by atoms with Gasteiger partial charge in [-0.25, -0.2) is 8.42 Å². The second-order valence-corrected chi connectivity index (χ2v) is 5.86. The van der Waals surface area contributed by atoms with Gasteiger partial charge in [0.25, 0.3) is 5.91 Å². The first-order valence-electron chi connectivity index (χ1n) is 4.79. The van der Waals surface area contributed by atoms with Crippen LogP contribution in [-0.2, 0) is 21.2 Å². The van der Waals surface area contributed by atoms with E-state index in [1.165, 1.54) is 0 Å². The van der Waals surface area contributed by atoms with Gasteiger partial charge in [0, 0.05) is 5.02 Å². The number of nitrogens with two attached hydrogens (primary N) is 1. The SMILES string of the molecule is CS(=O)(=O)NC(=O)C(N)Cc1ccc(Cl)cc1. The zero-order valence-corrected chi connectivity index (χ0v) is 10.8. The van der Waals surface area contributed by atoms with Gasteiger partial charge in [0.05, 0.1) is 12.3 Å². The second-order valence-electron chi connectivity index (χ2n) is 3.68. The summed E-state index contributed by atoms with van der Waals surface area (Å²) < 4.78 is 23.5. The summed E-state index contributed by atoms with van der Waals surface area (Å²) in [5, 5.41) is 0.586. The highest BCUT2D eigenvalue weighted by Crippen LogP contribution is 2.10. The van der Waals surface area contributed by atoms with E-state index in [0.717, 1.165) is 11.8 Å². The summed E-state index contributed by atoms with van der Waals surface area (Å²) in [6.07, 6.45) is 1.15. The van der Waals surface area contributed by atoms with E-state index in [1.807, 2.05) is 4.72 Å². The summed E-state index contributed by atoms with van der Waals surface area (Å²) in [5.41, 5.74) is 6.40. The van der Waals surface area contributed by atoms with Crippen molar-refractivity contribution in [2.75, 3.05) is 6.26 Å². The molecular weight excluding hydrogens is 264 g/mol. The van der Waals surface area contributed by atoms with Gasteiger partial charge in [-0.15, -0.1) is 0 Å². The third kappa shape index (κ3) is 5.16. The van der Waals surface area contributed by atoms with E-state index in [4.69, 9.17) is 17.3 Å². The molecule has 0 saturated carbocycles. The predicted molar refractivity (Wildman–Crippen MR) is 66.1 cm³/mol. The third-order valence-corrected chi connectivity index (χ3v) is 2.82. The van der Waals surface area contributed by atoms with Gasteiger partial charge in [-0.2, -0.15) is 0 Å². The Balaban J connectivity index is 2.63. The molecule has 5 nitrogen and oxygen atoms in total. The lowest BCUT2D eigenvalue weighted by Gasteiger charge is -2.11. The minimum Gasteiger partial charge on any atom is -0.320 e. The molecule has 0 fully saturated rings. The average molecular weight is 277 g/mol. The Morgan fingerprint density at radius 1 is 1.41 bits per heavy atom. The number of nitrogens with one attached hydrogen (secondary N) is 1. The van der Waals surface area contributed by atoms with Crippen LogP contribution in [0.15, 0.2) is 24.3 Å². The Morgan fingerprint density at radius 2 is 1.94 bits per heavy atom. The number of hydrogen-bond acceptors (Lipinski definition) is 4. The van der Waals surface area contributed by atoms with E-state index < -0.39 is 22.0 Å². The van der Waals surface area contributed by atoms with Crippen molar-refractivity contribution >= 4 is 27.5 Å². The molecule has 1 unspecified atom stereocenters. The number of carbonyl (C=O) groups excluding carboxylic acids is 1. The molecule has 0 aliphatic rings. The fourth-order valence-corrected chi connectivity index (χ4v) is 1.87. The second kappa shape index (κ2) is 5.48. The zero-order valence-electron chi connectivity index (χ0n) is 9.18. The van der Waals surface area contributed by atoms with Gasteiger partial charge in [0.15, 0.2) is 0 Å². The highest BCUT2D eigenvalue weighted by atomic mass is 35.5. The lowest BCUT2D eigenvalue weighted by atomic mass is 10.1. The van der Waals surface area contributed by atoms with E-state index in [-0.39, 0.29) is 6.42 Å². The summed E-state index contributed by atoms with van der Waals surface area (Å²) >= 11 is 5.71. The third-order valence-electron chi connectivity index (χ3n) is 1.99. The van der Waals surface area contributed by atoms with Crippen molar-refractivity contribution in [1.29, 1.82) is 0 Å². The van der Waals surface area contributed by atoms with Crippen LogP contribution in [0.2, 0.25) is 5.02 Å². The van der Waals surface area contributed by atoms with Gasteiger partial charge >= 0.3 is 0 Å². The topological polar surface area (TPSA) is 89.3 Å². The highest BCUT2D eigenvalue weighted by Gasteiger charge is 2.17. The number of benzene rings is 1. The summed E-state index contributed by atoms with van der Waals surface area (Å²) in [6.45, 7) is 0. The van der Waals surface area contributed by atoms with Gasteiger partial charge in [-0.3, -0.25) is 9.52 Å². The molecule has 1 amide bonds. The molecule has 1 atom stereocenters. The first kappa shape index (κ1) is 14.0. The minimum atomic E-state index is -3.57. The molecule has 3 N–H and O–H groups in total. The Bertz CT molecular complexity index is 499. The first-order valence-corrected chi connectivity index (χ1v) is 7.06. The van der Waals surface area contributed by atoms with Crippen LogP contribution in [0.25, 0.3) is 0 Å². The molecule has 17 heavy (non-hydrogen) atoms. The van der Waals surface area contributed by atoms with Gasteiger partial charge < -0.3 is 5.73 Å². The Kier molecular flexibility index (Phi) is 4.50. The van der Waals surface area contributed by atoms with Crippen molar-refractivity contribution in [3.63, 3.8) is 0 Å². The number of amides is 1. The molecule has 0 aromatic heterocycles. The van der Waals surface area contributed by atoms with Crippen molar-refractivity contribution in [1.82, 2.24) is 4.72 Å². The predicted octanol–water partition coefficient (Wildman–Crippen LogP) is 0.286. The zero-order chi connectivity index (χ0) is 13.1. The maximum absolute atomic E-state index is 11.4. The van der Waals surface area contributed by atoms with Crippen LogP contribution in [0.3, 0.4) is 0 Å². The lowest BCUT2D eigenvalue weighted by Crippen LogP contribution is -2.44. The standard InChI is InChI=1S/C10H13ClN2O3S/c1-17(15,16)13-10(14)9(12)6-7-2-4-8(11)5-3-7/h2-5,9H,6,12H2,1H3,(H,13,14). The van der Waals surface area contributed by atoms with E-state index >= 15 is 0 Å². The number of rotatable bonds is 4. The lowest BCUT2D eigenvalue weighted by molar-refractivity contribution is -0.120. The molecule has 1 aromatic carbocycles. The molecule has 0 aliphatic carbocycles. The van der Waals surface area contributed by atoms with E-state index in [1.54, 1.807) is 24.3 Å². The minimum absolute atomic E-state index is 0.249. The van der Waals surface area contributed by atoms with Crippen LogP contribution in [0.4, 0.5) is 0 Å². The van der Waals surface area contributed by atoms with E-state index in [0.29, 0.717) is 5.02 Å². The molecule has 1 aromatic rings. The number of hydrogen-bond donors (Lipinski definition) is 2. The first-order chi connectivity index (χ1) is 7.78. The van der Waals surface area contributed by atoms with Crippen LogP contribution in [0.1, 0.15) is 5.56 Å². The van der Waals surface area contributed by atoms with Crippen LogP contribution >= 0.6 is 11.6 Å². The Labute approximate surface area is 105 Å². The highest BCUT2D eigenvalue weighted by molar-refractivity contribution is 7.89. The van der Waals surface area contributed by atoms with Crippen LogP contribution < -0.4 is 10.5 Å².